The molecule has 6 nitrogen and oxygen atoms in total. The first-order chi connectivity index (χ1) is 12.0. The minimum Gasteiger partial charge on any atom is -0.497 e. The summed E-state index contributed by atoms with van der Waals surface area (Å²) in [6, 6.07) is 13.3. The van der Waals surface area contributed by atoms with E-state index in [0.29, 0.717) is 11.3 Å². The van der Waals surface area contributed by atoms with Gasteiger partial charge >= 0.3 is 5.97 Å². The lowest BCUT2D eigenvalue weighted by atomic mass is 9.93. The Labute approximate surface area is 146 Å². The monoisotopic (exact) mass is 344 g/mol. The van der Waals surface area contributed by atoms with Crippen molar-refractivity contribution >= 4 is 11.8 Å². The van der Waals surface area contributed by atoms with E-state index in [1.165, 1.54) is 21.3 Å². The Morgan fingerprint density at radius 2 is 1.44 bits per heavy atom. The van der Waals surface area contributed by atoms with Crippen LogP contribution in [0.5, 0.6) is 5.75 Å². The van der Waals surface area contributed by atoms with E-state index in [1.807, 2.05) is 0 Å². The van der Waals surface area contributed by atoms with Crippen LogP contribution in [0.3, 0.4) is 0 Å². The van der Waals surface area contributed by atoms with Gasteiger partial charge in [0.25, 0.3) is 5.79 Å². The van der Waals surface area contributed by atoms with Crippen LogP contribution in [0.15, 0.2) is 48.5 Å². The predicted octanol–water partition coefficient (Wildman–Crippen LogP) is 2.54. The lowest BCUT2D eigenvalue weighted by Crippen LogP contribution is -2.42. The molecule has 0 aliphatic rings. The molecule has 0 aliphatic heterocycles. The van der Waals surface area contributed by atoms with E-state index in [2.05, 4.69) is 0 Å². The second-order valence-electron chi connectivity index (χ2n) is 5.12. The van der Waals surface area contributed by atoms with Crippen molar-refractivity contribution in [3.8, 4) is 5.75 Å². The van der Waals surface area contributed by atoms with Crippen LogP contribution in [0.1, 0.15) is 21.5 Å². The average Bonchev–Trinajstić information content (AvgIpc) is 2.69. The third-order valence-electron chi connectivity index (χ3n) is 3.91. The van der Waals surface area contributed by atoms with Crippen LogP contribution in [-0.4, -0.2) is 40.2 Å². The van der Waals surface area contributed by atoms with E-state index >= 15 is 0 Å². The molecule has 0 radical (unpaired) electrons. The summed E-state index contributed by atoms with van der Waals surface area (Å²) in [5.41, 5.74) is 0.994. The number of rotatable bonds is 7. The first kappa shape index (κ1) is 18.6. The lowest BCUT2D eigenvalue weighted by molar-refractivity contribution is -0.233. The molecular weight excluding hydrogens is 324 g/mol. The molecule has 2 aromatic rings. The first-order valence-electron chi connectivity index (χ1n) is 7.51. The van der Waals surface area contributed by atoms with E-state index in [0.717, 1.165) is 0 Å². The molecule has 2 aromatic carbocycles. The van der Waals surface area contributed by atoms with Gasteiger partial charge < -0.3 is 18.9 Å². The molecule has 0 saturated heterocycles. The molecule has 0 N–H and O–H groups in total. The number of esters is 1. The van der Waals surface area contributed by atoms with Crippen LogP contribution in [0.4, 0.5) is 0 Å². The van der Waals surface area contributed by atoms with Gasteiger partial charge in [0.05, 0.1) is 14.2 Å². The van der Waals surface area contributed by atoms with Crippen molar-refractivity contribution in [3.63, 3.8) is 0 Å². The van der Waals surface area contributed by atoms with Crippen molar-refractivity contribution in [1.29, 1.82) is 0 Å². The molecule has 0 amide bonds. The maximum Gasteiger partial charge on any atom is 0.371 e. The Morgan fingerprint density at radius 1 is 0.840 bits per heavy atom. The molecule has 0 atom stereocenters. The number of methoxy groups -OCH3 is 4. The molecule has 25 heavy (non-hydrogen) atoms. The van der Waals surface area contributed by atoms with Gasteiger partial charge in [0.1, 0.15) is 5.75 Å². The number of benzene rings is 2. The highest BCUT2D eigenvalue weighted by Crippen LogP contribution is 2.32. The van der Waals surface area contributed by atoms with Crippen LogP contribution >= 0.6 is 0 Å². The van der Waals surface area contributed by atoms with Crippen LogP contribution < -0.4 is 4.74 Å². The molecule has 0 heterocycles. The third kappa shape index (κ3) is 3.40. The Hall–Kier alpha value is -2.70. The minimum absolute atomic E-state index is 0.271. The summed E-state index contributed by atoms with van der Waals surface area (Å²) >= 11 is 0. The molecule has 0 aromatic heterocycles. The van der Waals surface area contributed by atoms with Crippen molar-refractivity contribution in [1.82, 2.24) is 0 Å². The third-order valence-corrected chi connectivity index (χ3v) is 3.91. The van der Waals surface area contributed by atoms with Gasteiger partial charge in [-0.05, 0) is 24.3 Å². The fraction of sp³-hybridized carbons (Fsp3) is 0.263. The van der Waals surface area contributed by atoms with Crippen LogP contribution in [0.2, 0.25) is 0 Å². The largest absolute Gasteiger partial charge is 0.497 e. The molecule has 2 rings (SSSR count). The molecule has 6 heteroatoms. The summed E-state index contributed by atoms with van der Waals surface area (Å²) in [6.07, 6.45) is 0. The second-order valence-corrected chi connectivity index (χ2v) is 5.12. The number of carbonyl (C=O) groups is 2. The molecule has 0 bridgehead atoms. The summed E-state index contributed by atoms with van der Waals surface area (Å²) < 4.78 is 20.5. The van der Waals surface area contributed by atoms with Gasteiger partial charge in [-0.2, -0.15) is 0 Å². The van der Waals surface area contributed by atoms with Crippen molar-refractivity contribution in [2.75, 3.05) is 28.4 Å². The van der Waals surface area contributed by atoms with Gasteiger partial charge in [0.2, 0.25) is 0 Å². The highest BCUT2D eigenvalue weighted by molar-refractivity contribution is 6.10. The van der Waals surface area contributed by atoms with E-state index in [-0.39, 0.29) is 16.9 Å². The molecular formula is C19H20O6. The van der Waals surface area contributed by atoms with Gasteiger partial charge in [-0.15, -0.1) is 0 Å². The van der Waals surface area contributed by atoms with E-state index in [1.54, 1.807) is 55.6 Å². The molecule has 0 aliphatic carbocycles. The quantitative estimate of drug-likeness (QED) is 0.437. The second kappa shape index (κ2) is 7.92. The first-order valence-corrected chi connectivity index (χ1v) is 7.51. The predicted molar refractivity (Wildman–Crippen MR) is 90.6 cm³/mol. The van der Waals surface area contributed by atoms with Crippen molar-refractivity contribution in [2.45, 2.75) is 5.79 Å². The Balaban J connectivity index is 2.56. The number of hydrogen-bond donors (Lipinski definition) is 0. The van der Waals surface area contributed by atoms with Gasteiger partial charge in [-0.1, -0.05) is 24.3 Å². The van der Waals surface area contributed by atoms with Gasteiger partial charge in [-0.25, -0.2) is 4.79 Å². The summed E-state index contributed by atoms with van der Waals surface area (Å²) in [5.74, 6) is -2.22. The Morgan fingerprint density at radius 3 is 1.96 bits per heavy atom. The lowest BCUT2D eigenvalue weighted by Gasteiger charge is -2.29. The molecule has 0 saturated carbocycles. The maximum atomic E-state index is 13.0. The van der Waals surface area contributed by atoms with E-state index in [9.17, 15) is 9.59 Å². The highest BCUT2D eigenvalue weighted by atomic mass is 16.7. The minimum atomic E-state index is -1.83. The number of ketones is 1. The maximum absolute atomic E-state index is 13.0. The normalized spacial score (nSPS) is 11.0. The van der Waals surface area contributed by atoms with Crippen molar-refractivity contribution in [2.24, 2.45) is 0 Å². The standard InChI is InChI=1S/C19H20O6/c1-22-14-11-9-13(10-12-14)17(20)15-7-5-6-8-16(15)19(24-3,25-4)18(21)23-2/h5-12H,1-4H3. The molecule has 0 unspecified atom stereocenters. The summed E-state index contributed by atoms with van der Waals surface area (Å²) in [5, 5.41) is 0. The molecule has 0 fully saturated rings. The summed E-state index contributed by atoms with van der Waals surface area (Å²) in [6.45, 7) is 0. The number of carbonyl (C=O) groups excluding carboxylic acids is 2. The van der Waals surface area contributed by atoms with Gasteiger partial charge in [-0.3, -0.25) is 4.79 Å². The van der Waals surface area contributed by atoms with Gasteiger partial charge in [0.15, 0.2) is 5.78 Å². The smallest absolute Gasteiger partial charge is 0.371 e. The summed E-state index contributed by atoms with van der Waals surface area (Å²) in [4.78, 5) is 25.2. The van der Waals surface area contributed by atoms with Crippen LogP contribution in [0.25, 0.3) is 0 Å². The Kier molecular flexibility index (Phi) is 5.90. The molecule has 0 spiro atoms. The van der Waals surface area contributed by atoms with E-state index in [4.69, 9.17) is 18.9 Å². The Bertz CT molecular complexity index is 747. The molecule has 132 valence electrons. The fourth-order valence-corrected chi connectivity index (χ4v) is 2.58. The zero-order chi connectivity index (χ0) is 18.4. The zero-order valence-electron chi connectivity index (χ0n) is 14.6. The van der Waals surface area contributed by atoms with Crippen molar-refractivity contribution in [3.05, 3.63) is 65.2 Å². The average molecular weight is 344 g/mol. The number of hydrogen-bond acceptors (Lipinski definition) is 6. The van der Waals surface area contributed by atoms with Crippen LogP contribution in [-0.2, 0) is 24.8 Å². The zero-order valence-corrected chi connectivity index (χ0v) is 14.6. The van der Waals surface area contributed by atoms with Crippen molar-refractivity contribution < 1.29 is 28.5 Å². The topological polar surface area (TPSA) is 71.1 Å². The number of ether oxygens (including phenoxy) is 4. The van der Waals surface area contributed by atoms with Gasteiger partial charge in [0, 0.05) is 30.9 Å². The summed E-state index contributed by atoms with van der Waals surface area (Å²) in [7, 11) is 5.40. The SMILES string of the molecule is COC(=O)C(OC)(OC)c1ccccc1C(=O)c1ccc(OC)cc1. The van der Waals surface area contributed by atoms with Crippen LogP contribution in [0, 0.1) is 0 Å². The fourth-order valence-electron chi connectivity index (χ4n) is 2.58. The van der Waals surface area contributed by atoms with E-state index < -0.39 is 11.8 Å². The highest BCUT2D eigenvalue weighted by Gasteiger charge is 2.45.